The Balaban J connectivity index is 2.36. The average Bonchev–Trinajstić information content (AvgIpc) is 2.34. The van der Waals surface area contributed by atoms with Gasteiger partial charge in [-0.3, -0.25) is 4.79 Å². The summed E-state index contributed by atoms with van der Waals surface area (Å²) < 4.78 is 5.51. The molecule has 0 fully saturated rings. The van der Waals surface area contributed by atoms with Gasteiger partial charge in [0.1, 0.15) is 5.75 Å². The van der Waals surface area contributed by atoms with Gasteiger partial charge in [0.2, 0.25) is 0 Å². The van der Waals surface area contributed by atoms with Crippen LogP contribution in [0.3, 0.4) is 0 Å². The standard InChI is InChI=1S/C13H17ClO3/c14-12-6-5-7-13(11(12)10-16)17-9-4-2-1-3-8-15/h5-7,10,15H,1-4,8-9H2. The molecule has 0 saturated heterocycles. The van der Waals surface area contributed by atoms with Crippen molar-refractivity contribution in [2.75, 3.05) is 13.2 Å². The van der Waals surface area contributed by atoms with Gasteiger partial charge in [0.15, 0.2) is 6.29 Å². The molecule has 1 aromatic carbocycles. The minimum Gasteiger partial charge on any atom is -0.493 e. The lowest BCUT2D eigenvalue weighted by Gasteiger charge is -2.08. The highest BCUT2D eigenvalue weighted by molar-refractivity contribution is 6.33. The van der Waals surface area contributed by atoms with Crippen LogP contribution in [0, 0.1) is 0 Å². The number of aldehydes is 1. The topological polar surface area (TPSA) is 46.5 Å². The molecule has 0 atom stereocenters. The molecular formula is C13H17ClO3. The Labute approximate surface area is 106 Å². The molecule has 3 nitrogen and oxygen atoms in total. The number of ether oxygens (including phenoxy) is 1. The molecule has 1 aromatic rings. The lowest BCUT2D eigenvalue weighted by molar-refractivity contribution is 0.111. The number of carbonyl (C=O) groups excluding carboxylic acids is 1. The fourth-order valence-corrected chi connectivity index (χ4v) is 1.72. The van der Waals surface area contributed by atoms with Crippen LogP contribution < -0.4 is 4.74 Å². The number of aliphatic hydroxyl groups excluding tert-OH is 1. The molecule has 0 aliphatic rings. The quantitative estimate of drug-likeness (QED) is 0.574. The van der Waals surface area contributed by atoms with Crippen LogP contribution in [-0.2, 0) is 0 Å². The molecule has 0 aromatic heterocycles. The summed E-state index contributed by atoms with van der Waals surface area (Å²) in [7, 11) is 0. The van der Waals surface area contributed by atoms with E-state index in [1.807, 2.05) is 0 Å². The first-order valence-corrected chi connectivity index (χ1v) is 6.14. The number of aliphatic hydroxyl groups is 1. The molecule has 0 spiro atoms. The smallest absolute Gasteiger partial charge is 0.155 e. The molecule has 0 aliphatic carbocycles. The Hall–Kier alpha value is -1.06. The second-order valence-electron chi connectivity index (χ2n) is 3.76. The Morgan fingerprint density at radius 1 is 1.24 bits per heavy atom. The maximum Gasteiger partial charge on any atom is 0.155 e. The zero-order chi connectivity index (χ0) is 12.5. The van der Waals surface area contributed by atoms with E-state index in [0.717, 1.165) is 25.7 Å². The first-order chi connectivity index (χ1) is 8.29. The molecule has 4 heteroatoms. The highest BCUT2D eigenvalue weighted by atomic mass is 35.5. The van der Waals surface area contributed by atoms with E-state index >= 15 is 0 Å². The number of hydrogen-bond donors (Lipinski definition) is 1. The molecule has 0 radical (unpaired) electrons. The van der Waals surface area contributed by atoms with Crippen LogP contribution in [0.1, 0.15) is 36.0 Å². The molecular weight excluding hydrogens is 240 g/mol. The largest absolute Gasteiger partial charge is 0.493 e. The minimum absolute atomic E-state index is 0.241. The first kappa shape index (κ1) is 14.0. The predicted molar refractivity (Wildman–Crippen MR) is 67.9 cm³/mol. The molecule has 0 saturated carbocycles. The Morgan fingerprint density at radius 3 is 2.71 bits per heavy atom. The van der Waals surface area contributed by atoms with E-state index < -0.39 is 0 Å². The molecule has 0 aliphatic heterocycles. The number of unbranched alkanes of at least 4 members (excludes halogenated alkanes) is 3. The molecule has 1 N–H and O–H groups in total. The summed E-state index contributed by atoms with van der Waals surface area (Å²) >= 11 is 5.87. The summed E-state index contributed by atoms with van der Waals surface area (Å²) in [6, 6.07) is 5.17. The van der Waals surface area contributed by atoms with Crippen LogP contribution >= 0.6 is 11.6 Å². The van der Waals surface area contributed by atoms with Gasteiger partial charge < -0.3 is 9.84 Å². The summed E-state index contributed by atoms with van der Waals surface area (Å²) in [6.45, 7) is 0.803. The van der Waals surface area contributed by atoms with Crippen LogP contribution in [0.4, 0.5) is 0 Å². The normalized spacial score (nSPS) is 10.2. The van der Waals surface area contributed by atoms with Gasteiger partial charge >= 0.3 is 0 Å². The lowest BCUT2D eigenvalue weighted by atomic mass is 10.2. The molecule has 0 unspecified atom stereocenters. The van der Waals surface area contributed by atoms with Gasteiger partial charge in [0.25, 0.3) is 0 Å². The van der Waals surface area contributed by atoms with E-state index in [9.17, 15) is 4.79 Å². The van der Waals surface area contributed by atoms with Crippen molar-refractivity contribution in [2.24, 2.45) is 0 Å². The fourth-order valence-electron chi connectivity index (χ4n) is 1.51. The third-order valence-electron chi connectivity index (χ3n) is 2.44. The van der Waals surface area contributed by atoms with E-state index in [-0.39, 0.29) is 6.61 Å². The van der Waals surface area contributed by atoms with Gasteiger partial charge in [-0.15, -0.1) is 0 Å². The molecule has 0 heterocycles. The van der Waals surface area contributed by atoms with Crippen molar-refractivity contribution in [1.29, 1.82) is 0 Å². The minimum atomic E-state index is 0.241. The zero-order valence-electron chi connectivity index (χ0n) is 9.69. The van der Waals surface area contributed by atoms with Crippen molar-refractivity contribution in [1.82, 2.24) is 0 Å². The fraction of sp³-hybridized carbons (Fsp3) is 0.462. The van der Waals surface area contributed by atoms with Crippen molar-refractivity contribution >= 4 is 17.9 Å². The average molecular weight is 257 g/mol. The van der Waals surface area contributed by atoms with Crippen LogP contribution in [-0.4, -0.2) is 24.6 Å². The van der Waals surface area contributed by atoms with Crippen LogP contribution in [0.25, 0.3) is 0 Å². The molecule has 0 bridgehead atoms. The SMILES string of the molecule is O=Cc1c(Cl)cccc1OCCCCCCO. The van der Waals surface area contributed by atoms with E-state index in [1.165, 1.54) is 0 Å². The first-order valence-electron chi connectivity index (χ1n) is 5.77. The van der Waals surface area contributed by atoms with Gasteiger partial charge in [-0.2, -0.15) is 0 Å². The third-order valence-corrected chi connectivity index (χ3v) is 2.77. The number of rotatable bonds is 8. The van der Waals surface area contributed by atoms with E-state index in [4.69, 9.17) is 21.4 Å². The van der Waals surface area contributed by atoms with E-state index in [0.29, 0.717) is 29.2 Å². The summed E-state index contributed by atoms with van der Waals surface area (Å²) in [5.41, 5.74) is 0.407. The van der Waals surface area contributed by atoms with Crippen molar-refractivity contribution in [3.8, 4) is 5.75 Å². The Kier molecular flexibility index (Phi) is 6.67. The van der Waals surface area contributed by atoms with Gasteiger partial charge in [-0.1, -0.05) is 24.1 Å². The number of hydrogen-bond acceptors (Lipinski definition) is 3. The molecule has 94 valence electrons. The summed E-state index contributed by atoms with van der Waals surface area (Å²) in [4.78, 5) is 10.8. The van der Waals surface area contributed by atoms with Crippen LogP contribution in [0.2, 0.25) is 5.02 Å². The van der Waals surface area contributed by atoms with Crippen molar-refractivity contribution < 1.29 is 14.6 Å². The highest BCUT2D eigenvalue weighted by Crippen LogP contribution is 2.24. The van der Waals surface area contributed by atoms with Crippen LogP contribution in [0.15, 0.2) is 18.2 Å². The van der Waals surface area contributed by atoms with Gasteiger partial charge in [0.05, 0.1) is 17.2 Å². The molecule has 17 heavy (non-hydrogen) atoms. The predicted octanol–water partition coefficient (Wildman–Crippen LogP) is 3.08. The van der Waals surface area contributed by atoms with Gasteiger partial charge in [-0.05, 0) is 31.4 Å². The molecule has 0 amide bonds. The van der Waals surface area contributed by atoms with E-state index in [1.54, 1.807) is 18.2 Å². The Bertz CT molecular complexity index is 353. The van der Waals surface area contributed by atoms with Gasteiger partial charge in [0, 0.05) is 6.61 Å². The van der Waals surface area contributed by atoms with Crippen molar-refractivity contribution in [3.05, 3.63) is 28.8 Å². The van der Waals surface area contributed by atoms with Crippen LogP contribution in [0.5, 0.6) is 5.75 Å². The van der Waals surface area contributed by atoms with E-state index in [2.05, 4.69) is 0 Å². The lowest BCUT2D eigenvalue weighted by Crippen LogP contribution is -2.00. The number of benzene rings is 1. The van der Waals surface area contributed by atoms with Crippen molar-refractivity contribution in [2.45, 2.75) is 25.7 Å². The maximum absolute atomic E-state index is 10.8. The van der Waals surface area contributed by atoms with Gasteiger partial charge in [-0.25, -0.2) is 0 Å². The maximum atomic E-state index is 10.8. The zero-order valence-corrected chi connectivity index (χ0v) is 10.4. The molecule has 1 rings (SSSR count). The number of carbonyl (C=O) groups is 1. The monoisotopic (exact) mass is 256 g/mol. The summed E-state index contributed by atoms with van der Waals surface area (Å²) in [5.74, 6) is 0.537. The second-order valence-corrected chi connectivity index (χ2v) is 4.16. The highest BCUT2D eigenvalue weighted by Gasteiger charge is 2.06. The summed E-state index contributed by atoms with van der Waals surface area (Å²) in [6.07, 6.45) is 4.46. The summed E-state index contributed by atoms with van der Waals surface area (Å²) in [5, 5.41) is 9.03. The van der Waals surface area contributed by atoms with Crippen molar-refractivity contribution in [3.63, 3.8) is 0 Å². The Morgan fingerprint density at radius 2 is 2.00 bits per heavy atom. The third kappa shape index (κ3) is 4.75. The number of halogens is 1. The second kappa shape index (κ2) is 8.09.